The van der Waals surface area contributed by atoms with Gasteiger partial charge >= 0.3 is 0 Å². The van der Waals surface area contributed by atoms with E-state index in [9.17, 15) is 0 Å². The van der Waals surface area contributed by atoms with Crippen LogP contribution >= 0.6 is 11.6 Å². The molecule has 6 heteroatoms. The minimum absolute atomic E-state index is 0.373. The Morgan fingerprint density at radius 1 is 1.41 bits per heavy atom. The summed E-state index contributed by atoms with van der Waals surface area (Å²) in [6.45, 7) is 3.67. The molecular weight excluding hydrogens is 242 g/mol. The van der Waals surface area contributed by atoms with Gasteiger partial charge in [-0.2, -0.15) is 0 Å². The molecule has 5 nitrogen and oxygen atoms in total. The van der Waals surface area contributed by atoms with Gasteiger partial charge in [0.15, 0.2) is 5.82 Å². The van der Waals surface area contributed by atoms with E-state index in [0.717, 1.165) is 38.5 Å². The van der Waals surface area contributed by atoms with Gasteiger partial charge in [-0.25, -0.2) is 9.97 Å². The molecular formula is C11H16ClN3O2. The zero-order chi connectivity index (χ0) is 12.1. The smallest absolute Gasteiger partial charge is 0.158 e. The summed E-state index contributed by atoms with van der Waals surface area (Å²) in [5, 5.41) is 0.451. The second kappa shape index (κ2) is 6.14. The third kappa shape index (κ3) is 3.52. The number of methoxy groups -OCH3 is 1. The molecule has 1 fully saturated rings. The maximum atomic E-state index is 5.98. The molecule has 1 aromatic rings. The van der Waals surface area contributed by atoms with E-state index in [1.165, 1.54) is 0 Å². The van der Waals surface area contributed by atoms with Gasteiger partial charge in [0.1, 0.15) is 17.6 Å². The minimum Gasteiger partial charge on any atom is -0.380 e. The van der Waals surface area contributed by atoms with E-state index in [1.54, 1.807) is 13.2 Å². The number of aromatic nitrogens is 2. The van der Waals surface area contributed by atoms with Crippen molar-refractivity contribution in [3.05, 3.63) is 17.0 Å². The van der Waals surface area contributed by atoms with Crippen molar-refractivity contribution >= 4 is 17.4 Å². The van der Waals surface area contributed by atoms with E-state index < -0.39 is 0 Å². The van der Waals surface area contributed by atoms with E-state index in [0.29, 0.717) is 17.6 Å². The van der Waals surface area contributed by atoms with Gasteiger partial charge in [0, 0.05) is 32.9 Å². The zero-order valence-corrected chi connectivity index (χ0v) is 10.6. The molecule has 1 aromatic heterocycles. The van der Waals surface area contributed by atoms with Crippen LogP contribution in [0.5, 0.6) is 0 Å². The van der Waals surface area contributed by atoms with Gasteiger partial charge in [-0.15, -0.1) is 0 Å². The van der Waals surface area contributed by atoms with Crippen LogP contribution in [0.4, 0.5) is 5.82 Å². The van der Waals surface area contributed by atoms with Gasteiger partial charge in [0.25, 0.3) is 0 Å². The molecule has 2 rings (SSSR count). The van der Waals surface area contributed by atoms with Crippen LogP contribution in [0.15, 0.2) is 6.07 Å². The molecule has 0 radical (unpaired) electrons. The largest absolute Gasteiger partial charge is 0.380 e. The topological polar surface area (TPSA) is 47.5 Å². The summed E-state index contributed by atoms with van der Waals surface area (Å²) in [6, 6.07) is 1.78. The van der Waals surface area contributed by atoms with Crippen molar-refractivity contribution in [1.29, 1.82) is 0 Å². The normalized spacial score (nSPS) is 16.9. The Hall–Kier alpha value is -0.910. The molecule has 0 unspecified atom stereocenters. The standard InChI is InChI=1S/C11H16ClN3O2/c1-16-8-10-13-9(12)7-11(14-10)15-3-2-5-17-6-4-15/h7H,2-6,8H2,1H3. The molecule has 0 saturated carbocycles. The van der Waals surface area contributed by atoms with Gasteiger partial charge < -0.3 is 14.4 Å². The number of ether oxygens (including phenoxy) is 2. The summed E-state index contributed by atoms with van der Waals surface area (Å²) in [5.41, 5.74) is 0. The van der Waals surface area contributed by atoms with Crippen LogP contribution in [-0.4, -0.2) is 43.4 Å². The Bertz CT molecular complexity index is 368. The highest BCUT2D eigenvalue weighted by Gasteiger charge is 2.13. The minimum atomic E-state index is 0.373. The van der Waals surface area contributed by atoms with Crippen molar-refractivity contribution in [1.82, 2.24) is 9.97 Å². The van der Waals surface area contributed by atoms with Gasteiger partial charge in [-0.05, 0) is 6.42 Å². The highest BCUT2D eigenvalue weighted by Crippen LogP contribution is 2.17. The predicted molar refractivity (Wildman–Crippen MR) is 65.4 cm³/mol. The lowest BCUT2D eigenvalue weighted by molar-refractivity contribution is 0.152. The monoisotopic (exact) mass is 257 g/mol. The number of halogens is 1. The third-order valence-corrected chi connectivity index (χ3v) is 2.74. The summed E-state index contributed by atoms with van der Waals surface area (Å²) in [6.07, 6.45) is 1.00. The maximum Gasteiger partial charge on any atom is 0.158 e. The lowest BCUT2D eigenvalue weighted by Crippen LogP contribution is -2.27. The van der Waals surface area contributed by atoms with Crippen LogP contribution in [-0.2, 0) is 16.1 Å². The molecule has 0 bridgehead atoms. The van der Waals surface area contributed by atoms with E-state index >= 15 is 0 Å². The van der Waals surface area contributed by atoms with Crippen LogP contribution in [0.3, 0.4) is 0 Å². The van der Waals surface area contributed by atoms with Gasteiger partial charge in [-0.1, -0.05) is 11.6 Å². The molecule has 1 aliphatic rings. The summed E-state index contributed by atoms with van der Waals surface area (Å²) in [7, 11) is 1.61. The van der Waals surface area contributed by atoms with Crippen LogP contribution < -0.4 is 4.90 Å². The molecule has 0 amide bonds. The molecule has 94 valence electrons. The van der Waals surface area contributed by atoms with Crippen LogP contribution in [0, 0.1) is 0 Å². The first-order chi connectivity index (χ1) is 8.29. The number of hydrogen-bond acceptors (Lipinski definition) is 5. The fraction of sp³-hybridized carbons (Fsp3) is 0.636. The molecule has 1 saturated heterocycles. The van der Waals surface area contributed by atoms with Crippen LogP contribution in [0.2, 0.25) is 5.15 Å². The van der Waals surface area contributed by atoms with E-state index in [1.807, 2.05) is 0 Å². The highest BCUT2D eigenvalue weighted by atomic mass is 35.5. The second-order valence-electron chi connectivity index (χ2n) is 3.85. The van der Waals surface area contributed by atoms with Crippen LogP contribution in [0.25, 0.3) is 0 Å². The number of anilines is 1. The first kappa shape index (κ1) is 12.5. The molecule has 0 spiro atoms. The second-order valence-corrected chi connectivity index (χ2v) is 4.24. The molecule has 0 atom stereocenters. The van der Waals surface area contributed by atoms with Crippen LogP contribution in [0.1, 0.15) is 12.2 Å². The average Bonchev–Trinajstić information content (AvgIpc) is 2.57. The molecule has 0 N–H and O–H groups in total. The third-order valence-electron chi connectivity index (χ3n) is 2.55. The SMILES string of the molecule is COCc1nc(Cl)cc(N2CCCOCC2)n1. The van der Waals surface area contributed by atoms with Gasteiger partial charge in [0.2, 0.25) is 0 Å². The number of hydrogen-bond donors (Lipinski definition) is 0. The number of nitrogens with zero attached hydrogens (tertiary/aromatic N) is 3. The van der Waals surface area contributed by atoms with Crippen molar-refractivity contribution in [3.63, 3.8) is 0 Å². The quantitative estimate of drug-likeness (QED) is 0.768. The lowest BCUT2D eigenvalue weighted by atomic mass is 10.4. The molecule has 17 heavy (non-hydrogen) atoms. The Morgan fingerprint density at radius 2 is 2.29 bits per heavy atom. The molecule has 0 aromatic carbocycles. The van der Waals surface area contributed by atoms with E-state index in [-0.39, 0.29) is 0 Å². The van der Waals surface area contributed by atoms with Crippen molar-refractivity contribution < 1.29 is 9.47 Å². The van der Waals surface area contributed by atoms with Crippen molar-refractivity contribution in [2.45, 2.75) is 13.0 Å². The Morgan fingerprint density at radius 3 is 3.12 bits per heavy atom. The summed E-state index contributed by atoms with van der Waals surface area (Å²) >= 11 is 5.98. The van der Waals surface area contributed by atoms with Gasteiger partial charge in [0.05, 0.1) is 6.61 Å². The summed E-state index contributed by atoms with van der Waals surface area (Å²) in [4.78, 5) is 10.7. The Labute approximate surface area is 106 Å². The highest BCUT2D eigenvalue weighted by molar-refractivity contribution is 6.29. The lowest BCUT2D eigenvalue weighted by Gasteiger charge is -2.21. The Balaban J connectivity index is 2.17. The molecule has 1 aliphatic heterocycles. The van der Waals surface area contributed by atoms with E-state index in [2.05, 4.69) is 14.9 Å². The fourth-order valence-electron chi connectivity index (χ4n) is 1.78. The maximum absolute atomic E-state index is 5.98. The van der Waals surface area contributed by atoms with Crippen molar-refractivity contribution in [2.75, 3.05) is 38.3 Å². The summed E-state index contributed by atoms with van der Waals surface area (Å²) in [5.74, 6) is 1.46. The van der Waals surface area contributed by atoms with E-state index in [4.69, 9.17) is 21.1 Å². The molecule has 0 aliphatic carbocycles. The van der Waals surface area contributed by atoms with Gasteiger partial charge in [-0.3, -0.25) is 0 Å². The molecule has 2 heterocycles. The first-order valence-corrected chi connectivity index (χ1v) is 6.02. The predicted octanol–water partition coefficient (Wildman–Crippen LogP) is 1.50. The summed E-state index contributed by atoms with van der Waals surface area (Å²) < 4.78 is 10.4. The first-order valence-electron chi connectivity index (χ1n) is 5.64. The fourth-order valence-corrected chi connectivity index (χ4v) is 1.98. The Kier molecular flexibility index (Phi) is 4.53. The van der Waals surface area contributed by atoms with Crippen molar-refractivity contribution in [2.24, 2.45) is 0 Å². The zero-order valence-electron chi connectivity index (χ0n) is 9.86. The number of rotatable bonds is 3. The average molecular weight is 258 g/mol. The van der Waals surface area contributed by atoms with Crippen molar-refractivity contribution in [3.8, 4) is 0 Å².